The Morgan fingerprint density at radius 3 is 2.00 bits per heavy atom. The Morgan fingerprint density at radius 2 is 1.33 bits per heavy atom. The van der Waals surface area contributed by atoms with Crippen molar-refractivity contribution < 1.29 is 9.59 Å². The summed E-state index contributed by atoms with van der Waals surface area (Å²) in [6.45, 7) is 3.63. The van der Waals surface area contributed by atoms with Gasteiger partial charge < -0.3 is 9.80 Å². The predicted octanol–water partition coefficient (Wildman–Crippen LogP) is 1.29. The van der Waals surface area contributed by atoms with Crippen LogP contribution in [0.2, 0.25) is 0 Å². The van der Waals surface area contributed by atoms with Crippen molar-refractivity contribution in [2.24, 2.45) is 0 Å². The topological polar surface area (TPSA) is 92.2 Å². The van der Waals surface area contributed by atoms with E-state index in [2.05, 4.69) is 20.4 Å². The van der Waals surface area contributed by atoms with Crippen LogP contribution < -0.4 is 0 Å². The summed E-state index contributed by atoms with van der Waals surface area (Å²) in [6, 6.07) is 0. The molecule has 2 amide bonds. The number of hydrogen-bond acceptors (Lipinski definition) is 8. The highest BCUT2D eigenvalue weighted by atomic mass is 32.1. The molecule has 4 rings (SSSR count). The first-order chi connectivity index (χ1) is 11.4. The highest BCUT2D eigenvalue weighted by molar-refractivity contribution is 7.21. The summed E-state index contributed by atoms with van der Waals surface area (Å²) in [6.07, 6.45) is 0. The van der Waals surface area contributed by atoms with Crippen molar-refractivity contribution in [3.63, 3.8) is 0 Å². The molecule has 0 aromatic carbocycles. The molecule has 0 bridgehead atoms. The molecule has 8 nitrogen and oxygen atoms in total. The maximum atomic E-state index is 12.5. The number of rotatable bonds is 2. The molecule has 0 aliphatic carbocycles. The Balaban J connectivity index is 1.86. The molecule has 2 aliphatic heterocycles. The number of nitrogens with zero attached hydrogens (tertiary/aromatic N) is 6. The highest BCUT2D eigenvalue weighted by Gasteiger charge is 2.45. The summed E-state index contributed by atoms with van der Waals surface area (Å²) in [5.74, 6) is -0.391. The fourth-order valence-corrected chi connectivity index (χ4v) is 4.36. The van der Waals surface area contributed by atoms with Crippen LogP contribution in [0.25, 0.3) is 15.7 Å². The van der Waals surface area contributed by atoms with Gasteiger partial charge in [-0.2, -0.15) is 0 Å². The molecule has 0 radical (unpaired) electrons. The maximum Gasteiger partial charge on any atom is 0.260 e. The van der Waals surface area contributed by atoms with Crippen LogP contribution in [0.1, 0.15) is 16.9 Å². The Labute approximate surface area is 145 Å². The van der Waals surface area contributed by atoms with Crippen molar-refractivity contribution in [3.05, 3.63) is 26.9 Å². The van der Waals surface area contributed by atoms with E-state index in [4.69, 9.17) is 0 Å². The first-order valence-corrected chi connectivity index (χ1v) is 8.69. The number of aryl methyl sites for hydroxylation is 1. The summed E-state index contributed by atoms with van der Waals surface area (Å²) in [4.78, 5) is 28.0. The van der Waals surface area contributed by atoms with Crippen molar-refractivity contribution in [1.82, 2.24) is 30.2 Å². The standard InChI is InChI=1S/C14H12N6O2S2/c1-5-7-8(14(22)19(5)3)9(20(4)13(7)21)10-16-18-12(24-10)11-17-15-6(2)23-11/h1-4H3. The Kier molecular flexibility index (Phi) is 3.15. The fourth-order valence-electron chi connectivity index (χ4n) is 2.73. The van der Waals surface area contributed by atoms with E-state index in [9.17, 15) is 9.59 Å². The molecule has 0 atom stereocenters. The van der Waals surface area contributed by atoms with Crippen LogP contribution in [-0.2, 0) is 9.59 Å². The van der Waals surface area contributed by atoms with Gasteiger partial charge in [0.1, 0.15) is 5.01 Å². The summed E-state index contributed by atoms with van der Waals surface area (Å²) in [5.41, 5.74) is 2.02. The minimum absolute atomic E-state index is 0.196. The van der Waals surface area contributed by atoms with Gasteiger partial charge >= 0.3 is 0 Å². The number of amides is 2. The monoisotopic (exact) mass is 360 g/mol. The van der Waals surface area contributed by atoms with Gasteiger partial charge in [-0.3, -0.25) is 9.59 Å². The van der Waals surface area contributed by atoms with E-state index >= 15 is 0 Å². The lowest BCUT2D eigenvalue weighted by Crippen LogP contribution is -2.24. The smallest absolute Gasteiger partial charge is 0.260 e. The molecule has 0 unspecified atom stereocenters. The van der Waals surface area contributed by atoms with Crippen LogP contribution in [0, 0.1) is 6.92 Å². The molecular weight excluding hydrogens is 348 g/mol. The minimum atomic E-state index is -0.196. The van der Waals surface area contributed by atoms with Crippen LogP contribution >= 0.6 is 22.7 Å². The third kappa shape index (κ3) is 1.89. The molecule has 2 aliphatic rings. The van der Waals surface area contributed by atoms with Gasteiger partial charge in [-0.25, -0.2) is 0 Å². The Hall–Kier alpha value is -2.46. The van der Waals surface area contributed by atoms with Crippen molar-refractivity contribution in [2.45, 2.75) is 13.8 Å². The van der Waals surface area contributed by atoms with Gasteiger partial charge in [0.2, 0.25) is 0 Å². The number of aromatic nitrogens is 4. The molecule has 4 heterocycles. The second-order valence-corrected chi connectivity index (χ2v) is 7.61. The molecule has 0 saturated heterocycles. The fraction of sp³-hybridized carbons (Fsp3) is 0.286. The van der Waals surface area contributed by atoms with Crippen LogP contribution in [0.4, 0.5) is 0 Å². The molecule has 2 aromatic heterocycles. The molecule has 0 spiro atoms. The lowest BCUT2D eigenvalue weighted by molar-refractivity contribution is -0.123. The van der Waals surface area contributed by atoms with E-state index in [0.717, 1.165) is 5.01 Å². The van der Waals surface area contributed by atoms with E-state index in [1.807, 2.05) is 6.92 Å². The van der Waals surface area contributed by atoms with Crippen molar-refractivity contribution in [3.8, 4) is 10.0 Å². The van der Waals surface area contributed by atoms with E-state index in [-0.39, 0.29) is 11.8 Å². The Morgan fingerprint density at radius 1 is 0.750 bits per heavy atom. The summed E-state index contributed by atoms with van der Waals surface area (Å²) in [5, 5.41) is 19.0. The predicted molar refractivity (Wildman–Crippen MR) is 88.7 cm³/mol. The summed E-state index contributed by atoms with van der Waals surface area (Å²) in [7, 11) is 3.31. The van der Waals surface area contributed by atoms with Crippen LogP contribution in [0.3, 0.4) is 0 Å². The van der Waals surface area contributed by atoms with Crippen LogP contribution in [0.5, 0.6) is 0 Å². The number of carbonyl (C=O) groups excluding carboxylic acids is 2. The first-order valence-electron chi connectivity index (χ1n) is 7.06. The highest BCUT2D eigenvalue weighted by Crippen LogP contribution is 2.43. The summed E-state index contributed by atoms with van der Waals surface area (Å²) < 4.78 is 0. The van der Waals surface area contributed by atoms with E-state index in [1.54, 1.807) is 21.0 Å². The van der Waals surface area contributed by atoms with Crippen LogP contribution in [0.15, 0.2) is 16.8 Å². The minimum Gasteiger partial charge on any atom is -0.315 e. The second-order valence-electron chi connectivity index (χ2n) is 5.45. The van der Waals surface area contributed by atoms with E-state index < -0.39 is 0 Å². The van der Waals surface area contributed by atoms with Crippen molar-refractivity contribution in [1.29, 1.82) is 0 Å². The quantitative estimate of drug-likeness (QED) is 0.801. The molecule has 2 aromatic rings. The average molecular weight is 360 g/mol. The van der Waals surface area contributed by atoms with E-state index in [1.165, 1.54) is 32.5 Å². The van der Waals surface area contributed by atoms with Gasteiger partial charge in [0.05, 0.1) is 16.8 Å². The van der Waals surface area contributed by atoms with Gasteiger partial charge in [0.15, 0.2) is 15.0 Å². The van der Waals surface area contributed by atoms with Gasteiger partial charge in [-0.05, 0) is 13.8 Å². The van der Waals surface area contributed by atoms with E-state index in [0.29, 0.717) is 37.6 Å². The molecule has 10 heteroatoms. The number of allylic oxidation sites excluding steroid dienone is 1. The van der Waals surface area contributed by atoms with Gasteiger partial charge in [0.25, 0.3) is 11.8 Å². The SMILES string of the molecule is CC1=C2C(=O)N(C)C(c3nnc(-c4nnc(C)s4)s3)=C2C(=O)N1C. The third-order valence-electron chi connectivity index (χ3n) is 4.06. The number of fused-ring (bicyclic) bond motifs is 1. The molecular formula is C14H12N6O2S2. The average Bonchev–Trinajstić information content (AvgIpc) is 3.28. The number of hydrogen-bond donors (Lipinski definition) is 0. The maximum absolute atomic E-state index is 12.5. The van der Waals surface area contributed by atoms with Gasteiger partial charge in [0, 0.05) is 19.8 Å². The molecule has 24 heavy (non-hydrogen) atoms. The molecule has 0 fully saturated rings. The normalized spacial score (nSPS) is 17.7. The zero-order valence-corrected chi connectivity index (χ0v) is 14.9. The van der Waals surface area contributed by atoms with Crippen LogP contribution in [-0.4, -0.2) is 56.1 Å². The summed E-state index contributed by atoms with van der Waals surface area (Å²) >= 11 is 2.72. The largest absolute Gasteiger partial charge is 0.315 e. The van der Waals surface area contributed by atoms with Crippen molar-refractivity contribution >= 4 is 40.2 Å². The zero-order valence-electron chi connectivity index (χ0n) is 13.3. The second kappa shape index (κ2) is 5.02. The van der Waals surface area contributed by atoms with Crippen molar-refractivity contribution in [2.75, 3.05) is 14.1 Å². The lowest BCUT2D eigenvalue weighted by Gasteiger charge is -2.16. The molecule has 122 valence electrons. The third-order valence-corrected chi connectivity index (χ3v) is 5.97. The number of likely N-dealkylation sites (N-methyl/N-ethyl adjacent to an activating group) is 2. The Bertz CT molecular complexity index is 970. The van der Waals surface area contributed by atoms with Gasteiger partial charge in [-0.1, -0.05) is 22.7 Å². The first kappa shape index (κ1) is 15.1. The number of carbonyl (C=O) groups is 2. The molecule has 0 saturated carbocycles. The van der Waals surface area contributed by atoms with Gasteiger partial charge in [-0.15, -0.1) is 20.4 Å². The molecule has 0 N–H and O–H groups in total. The lowest BCUT2D eigenvalue weighted by atomic mass is 10.1. The zero-order chi connectivity index (χ0) is 17.2.